The molecule has 1 aromatic carbocycles. The Morgan fingerprint density at radius 1 is 1.19 bits per heavy atom. The molecule has 3 aromatic rings. The highest BCUT2D eigenvalue weighted by Crippen LogP contribution is 2.22. The molecule has 0 saturated heterocycles. The lowest BCUT2D eigenvalue weighted by Crippen LogP contribution is -2.12. The van der Waals surface area contributed by atoms with Crippen molar-refractivity contribution >= 4 is 11.6 Å². The molecule has 3 rings (SSSR count). The lowest BCUT2D eigenvalue weighted by Gasteiger charge is -2.07. The molecule has 2 heterocycles. The zero-order valence-electron chi connectivity index (χ0n) is 10.9. The lowest BCUT2D eigenvalue weighted by atomic mass is 10.1. The van der Waals surface area contributed by atoms with Gasteiger partial charge in [-0.1, -0.05) is 12.1 Å². The second-order valence-corrected chi connectivity index (χ2v) is 4.40. The summed E-state index contributed by atoms with van der Waals surface area (Å²) in [4.78, 5) is 15.9. The first-order chi connectivity index (χ1) is 10.2. The quantitative estimate of drug-likeness (QED) is 0.687. The van der Waals surface area contributed by atoms with Gasteiger partial charge in [-0.25, -0.2) is 0 Å². The van der Waals surface area contributed by atoms with E-state index in [2.05, 4.69) is 20.5 Å². The Kier molecular flexibility index (Phi) is 3.34. The van der Waals surface area contributed by atoms with Crippen molar-refractivity contribution in [3.8, 4) is 17.0 Å². The number of hydrogen-bond acceptors (Lipinski definition) is 4. The number of amides is 1. The predicted molar refractivity (Wildman–Crippen MR) is 77.9 cm³/mol. The molecule has 0 radical (unpaired) electrons. The van der Waals surface area contributed by atoms with Crippen molar-refractivity contribution in [3.05, 3.63) is 60.6 Å². The van der Waals surface area contributed by atoms with E-state index in [0.717, 1.165) is 11.3 Å². The zero-order chi connectivity index (χ0) is 14.7. The number of H-pyrrole nitrogens is 1. The van der Waals surface area contributed by atoms with E-state index in [-0.39, 0.29) is 11.3 Å². The Bertz CT molecular complexity index is 769. The van der Waals surface area contributed by atoms with Crippen LogP contribution in [0.4, 0.5) is 5.69 Å². The van der Waals surface area contributed by atoms with Gasteiger partial charge in [0.2, 0.25) is 0 Å². The minimum Gasteiger partial charge on any atom is -0.505 e. The highest BCUT2D eigenvalue weighted by molar-refractivity contribution is 6.06. The highest BCUT2D eigenvalue weighted by Gasteiger charge is 2.11. The second kappa shape index (κ2) is 5.46. The molecule has 0 aliphatic heterocycles. The third kappa shape index (κ3) is 2.74. The van der Waals surface area contributed by atoms with Crippen molar-refractivity contribution in [2.75, 3.05) is 5.32 Å². The summed E-state index contributed by atoms with van der Waals surface area (Å²) in [5.41, 5.74) is 2.57. The molecule has 0 unspecified atom stereocenters. The minimum atomic E-state index is -0.392. The molecular formula is C15H12N4O2. The number of carbonyl (C=O) groups excluding carboxylic acids is 1. The second-order valence-electron chi connectivity index (χ2n) is 4.40. The molecule has 0 saturated carbocycles. The van der Waals surface area contributed by atoms with Crippen LogP contribution in [0, 0.1) is 0 Å². The van der Waals surface area contributed by atoms with Gasteiger partial charge in [0.1, 0.15) is 5.75 Å². The van der Waals surface area contributed by atoms with Crippen LogP contribution >= 0.6 is 0 Å². The molecule has 0 fully saturated rings. The van der Waals surface area contributed by atoms with E-state index in [1.165, 1.54) is 18.5 Å². The van der Waals surface area contributed by atoms with Gasteiger partial charge in [0.25, 0.3) is 5.91 Å². The van der Waals surface area contributed by atoms with Crippen molar-refractivity contribution in [3.63, 3.8) is 0 Å². The Morgan fingerprint density at radius 3 is 2.86 bits per heavy atom. The molecule has 21 heavy (non-hydrogen) atoms. The van der Waals surface area contributed by atoms with Crippen LogP contribution in [0.5, 0.6) is 5.75 Å². The SMILES string of the molecule is O=C(Nc1cccc(-c2ccn[nH]2)c1)c1ccncc1O. The van der Waals surface area contributed by atoms with Crippen molar-refractivity contribution < 1.29 is 9.90 Å². The number of benzene rings is 1. The summed E-state index contributed by atoms with van der Waals surface area (Å²) in [6.07, 6.45) is 4.35. The van der Waals surface area contributed by atoms with E-state index in [1.807, 2.05) is 24.3 Å². The van der Waals surface area contributed by atoms with E-state index in [4.69, 9.17) is 0 Å². The Morgan fingerprint density at radius 2 is 2.10 bits per heavy atom. The Hall–Kier alpha value is -3.15. The molecule has 0 atom stereocenters. The smallest absolute Gasteiger partial charge is 0.259 e. The fourth-order valence-electron chi connectivity index (χ4n) is 1.96. The first-order valence-electron chi connectivity index (χ1n) is 6.28. The third-order valence-corrected chi connectivity index (χ3v) is 2.98. The molecule has 3 N–H and O–H groups in total. The normalized spacial score (nSPS) is 10.3. The summed E-state index contributed by atoms with van der Waals surface area (Å²) in [5, 5.41) is 19.1. The van der Waals surface area contributed by atoms with Gasteiger partial charge in [-0.05, 0) is 24.3 Å². The van der Waals surface area contributed by atoms with Gasteiger partial charge in [0.05, 0.1) is 17.5 Å². The summed E-state index contributed by atoms with van der Waals surface area (Å²) in [5.74, 6) is -0.545. The molecule has 2 aromatic heterocycles. The van der Waals surface area contributed by atoms with Crippen LogP contribution in [0.2, 0.25) is 0 Å². The lowest BCUT2D eigenvalue weighted by molar-refractivity contribution is 0.102. The Labute approximate surface area is 120 Å². The van der Waals surface area contributed by atoms with Gasteiger partial charge >= 0.3 is 0 Å². The van der Waals surface area contributed by atoms with E-state index < -0.39 is 5.91 Å². The van der Waals surface area contributed by atoms with E-state index in [9.17, 15) is 9.90 Å². The van der Waals surface area contributed by atoms with Gasteiger partial charge in [0.15, 0.2) is 0 Å². The number of aromatic amines is 1. The zero-order valence-corrected chi connectivity index (χ0v) is 10.9. The van der Waals surface area contributed by atoms with Crippen LogP contribution in [0.1, 0.15) is 10.4 Å². The van der Waals surface area contributed by atoms with Gasteiger partial charge in [0, 0.05) is 23.6 Å². The first kappa shape index (κ1) is 12.9. The number of anilines is 1. The standard InChI is InChI=1S/C15H12N4O2/c20-14-9-16-6-4-12(14)15(21)18-11-3-1-2-10(8-11)13-5-7-17-19-13/h1-9,20H,(H,17,19)(H,18,21). The van der Waals surface area contributed by atoms with E-state index in [0.29, 0.717) is 5.69 Å². The molecule has 0 aliphatic carbocycles. The summed E-state index contributed by atoms with van der Waals surface area (Å²) in [6, 6.07) is 10.6. The maximum atomic E-state index is 12.1. The van der Waals surface area contributed by atoms with Gasteiger partial charge < -0.3 is 10.4 Å². The van der Waals surface area contributed by atoms with Crippen LogP contribution in [0.15, 0.2) is 55.0 Å². The highest BCUT2D eigenvalue weighted by atomic mass is 16.3. The van der Waals surface area contributed by atoms with Crippen LogP contribution in [0.3, 0.4) is 0 Å². The number of aromatic nitrogens is 3. The number of nitrogens with zero attached hydrogens (tertiary/aromatic N) is 2. The predicted octanol–water partition coefficient (Wildman–Crippen LogP) is 2.43. The minimum absolute atomic E-state index is 0.153. The number of nitrogens with one attached hydrogen (secondary N) is 2. The van der Waals surface area contributed by atoms with E-state index in [1.54, 1.807) is 12.3 Å². The molecule has 0 aliphatic rings. The van der Waals surface area contributed by atoms with Crippen molar-refractivity contribution in [2.45, 2.75) is 0 Å². The van der Waals surface area contributed by atoms with E-state index >= 15 is 0 Å². The maximum Gasteiger partial charge on any atom is 0.259 e. The van der Waals surface area contributed by atoms with Crippen LogP contribution < -0.4 is 5.32 Å². The molecule has 1 amide bonds. The van der Waals surface area contributed by atoms with Crippen molar-refractivity contribution in [2.24, 2.45) is 0 Å². The number of pyridine rings is 1. The number of rotatable bonds is 3. The largest absolute Gasteiger partial charge is 0.505 e. The van der Waals surface area contributed by atoms with Crippen molar-refractivity contribution in [1.82, 2.24) is 15.2 Å². The first-order valence-corrected chi connectivity index (χ1v) is 6.28. The molecular weight excluding hydrogens is 268 g/mol. The summed E-state index contributed by atoms with van der Waals surface area (Å²) in [7, 11) is 0. The van der Waals surface area contributed by atoms with Gasteiger partial charge in [-0.3, -0.25) is 14.9 Å². The van der Waals surface area contributed by atoms with Crippen LogP contribution in [-0.2, 0) is 0 Å². The number of carbonyl (C=O) groups is 1. The van der Waals surface area contributed by atoms with Gasteiger partial charge in [-0.15, -0.1) is 0 Å². The summed E-state index contributed by atoms with van der Waals surface area (Å²) >= 11 is 0. The number of hydrogen-bond donors (Lipinski definition) is 3. The van der Waals surface area contributed by atoms with Crippen LogP contribution in [-0.4, -0.2) is 26.2 Å². The average Bonchev–Trinajstić information content (AvgIpc) is 3.02. The molecule has 104 valence electrons. The fraction of sp³-hybridized carbons (Fsp3) is 0. The molecule has 0 spiro atoms. The van der Waals surface area contributed by atoms with Crippen molar-refractivity contribution in [1.29, 1.82) is 0 Å². The molecule has 6 nitrogen and oxygen atoms in total. The fourth-order valence-corrected chi connectivity index (χ4v) is 1.96. The topological polar surface area (TPSA) is 90.9 Å². The molecule has 0 bridgehead atoms. The average molecular weight is 280 g/mol. The number of aromatic hydroxyl groups is 1. The third-order valence-electron chi connectivity index (χ3n) is 2.98. The van der Waals surface area contributed by atoms with Gasteiger partial charge in [-0.2, -0.15) is 5.10 Å². The van der Waals surface area contributed by atoms with Crippen LogP contribution in [0.25, 0.3) is 11.3 Å². The molecule has 6 heteroatoms. The Balaban J connectivity index is 1.84. The maximum absolute atomic E-state index is 12.1. The summed E-state index contributed by atoms with van der Waals surface area (Å²) in [6.45, 7) is 0. The summed E-state index contributed by atoms with van der Waals surface area (Å²) < 4.78 is 0. The monoisotopic (exact) mass is 280 g/mol.